The summed E-state index contributed by atoms with van der Waals surface area (Å²) in [7, 11) is -3.05. The predicted molar refractivity (Wildman–Crippen MR) is 104 cm³/mol. The number of carbonyl (C=O) groups excluding carboxylic acids is 1. The molecular weight excluding hydrogens is 364 g/mol. The van der Waals surface area contributed by atoms with Gasteiger partial charge in [0.25, 0.3) is 5.91 Å². The van der Waals surface area contributed by atoms with E-state index in [9.17, 15) is 13.2 Å². The summed E-state index contributed by atoms with van der Waals surface area (Å²) in [4.78, 5) is 14.3. The third kappa shape index (κ3) is 4.82. The van der Waals surface area contributed by atoms with E-state index in [2.05, 4.69) is 15.5 Å². The van der Waals surface area contributed by atoms with E-state index in [1.54, 1.807) is 17.0 Å². The van der Waals surface area contributed by atoms with Gasteiger partial charge in [-0.3, -0.25) is 4.79 Å². The van der Waals surface area contributed by atoms with Gasteiger partial charge in [-0.05, 0) is 38.0 Å². The van der Waals surface area contributed by atoms with Gasteiger partial charge < -0.3 is 10.2 Å². The Kier molecular flexibility index (Phi) is 5.74. The molecule has 1 aromatic carbocycles. The molecule has 144 valence electrons. The number of aryl methyl sites for hydroxylation is 1. The van der Waals surface area contributed by atoms with Crippen molar-refractivity contribution < 1.29 is 13.2 Å². The minimum Gasteiger partial charge on any atom is -0.365 e. The Morgan fingerprint density at radius 2 is 1.93 bits per heavy atom. The van der Waals surface area contributed by atoms with E-state index in [0.29, 0.717) is 25.3 Å². The summed E-state index contributed by atoms with van der Waals surface area (Å²) in [5.41, 5.74) is 2.56. The van der Waals surface area contributed by atoms with Crippen LogP contribution in [0.4, 0.5) is 5.82 Å². The van der Waals surface area contributed by atoms with Crippen LogP contribution in [0.15, 0.2) is 36.4 Å². The molecule has 0 saturated carbocycles. The second-order valence-electron chi connectivity index (χ2n) is 6.79. The van der Waals surface area contributed by atoms with Gasteiger partial charge in [0.2, 0.25) is 0 Å². The number of sulfone groups is 1. The normalized spacial score (nSPS) is 18.2. The summed E-state index contributed by atoms with van der Waals surface area (Å²) in [5.74, 6) is 0.460. The van der Waals surface area contributed by atoms with Gasteiger partial charge in [-0.2, -0.15) is 0 Å². The summed E-state index contributed by atoms with van der Waals surface area (Å²) in [6.07, 6.45) is 0.478. The van der Waals surface area contributed by atoms with Crippen molar-refractivity contribution in [3.8, 4) is 0 Å². The van der Waals surface area contributed by atoms with Gasteiger partial charge >= 0.3 is 0 Å². The monoisotopic (exact) mass is 388 g/mol. The molecule has 1 N–H and O–H groups in total. The second kappa shape index (κ2) is 8.04. The van der Waals surface area contributed by atoms with Gasteiger partial charge in [-0.25, -0.2) is 8.42 Å². The fourth-order valence-electron chi connectivity index (χ4n) is 3.18. The van der Waals surface area contributed by atoms with Crippen LogP contribution in [-0.4, -0.2) is 53.5 Å². The molecule has 7 nitrogen and oxygen atoms in total. The Bertz CT molecular complexity index is 896. The molecule has 2 heterocycles. The number of carbonyl (C=O) groups is 1. The fourth-order valence-corrected chi connectivity index (χ4v) is 4.91. The Balaban J connectivity index is 1.63. The van der Waals surface area contributed by atoms with Crippen LogP contribution in [0.1, 0.15) is 35.0 Å². The predicted octanol–water partition coefficient (Wildman–Crippen LogP) is 2.05. The minimum atomic E-state index is -3.05. The molecule has 0 radical (unpaired) electrons. The Hall–Kier alpha value is -2.48. The van der Waals surface area contributed by atoms with Crippen molar-refractivity contribution in [3.05, 3.63) is 53.2 Å². The maximum Gasteiger partial charge on any atom is 0.274 e. The van der Waals surface area contributed by atoms with Gasteiger partial charge in [0.1, 0.15) is 5.82 Å². The lowest BCUT2D eigenvalue weighted by Gasteiger charge is -2.26. The molecule has 1 aliphatic heterocycles. The van der Waals surface area contributed by atoms with Crippen LogP contribution in [-0.2, 0) is 16.4 Å². The zero-order chi connectivity index (χ0) is 19.4. The van der Waals surface area contributed by atoms with Gasteiger partial charge in [0.05, 0.1) is 11.5 Å². The molecule has 1 aromatic heterocycles. The maximum atomic E-state index is 12.7. The summed E-state index contributed by atoms with van der Waals surface area (Å²) in [6, 6.07) is 11.2. The number of nitrogens with one attached hydrogen (secondary N) is 1. The number of aromatic nitrogens is 2. The van der Waals surface area contributed by atoms with Crippen molar-refractivity contribution in [3.63, 3.8) is 0 Å². The molecule has 1 unspecified atom stereocenters. The van der Waals surface area contributed by atoms with E-state index >= 15 is 0 Å². The lowest BCUT2D eigenvalue weighted by molar-refractivity contribution is 0.0701. The first kappa shape index (κ1) is 19.3. The van der Waals surface area contributed by atoms with E-state index in [0.717, 1.165) is 5.56 Å². The SMILES string of the molecule is CCN(C(=O)c1ccc(NCc2ccc(C)cc2)nn1)C1CCS(=O)(=O)C1. The first-order valence-electron chi connectivity index (χ1n) is 9.02. The van der Waals surface area contributed by atoms with Crippen molar-refractivity contribution in [2.45, 2.75) is 32.9 Å². The van der Waals surface area contributed by atoms with Crippen molar-refractivity contribution in [2.75, 3.05) is 23.4 Å². The van der Waals surface area contributed by atoms with Crippen LogP contribution < -0.4 is 5.32 Å². The topological polar surface area (TPSA) is 92.3 Å². The number of anilines is 1. The van der Waals surface area contributed by atoms with Gasteiger partial charge in [0.15, 0.2) is 15.5 Å². The number of hydrogen-bond acceptors (Lipinski definition) is 6. The molecule has 8 heteroatoms. The molecule has 0 aliphatic carbocycles. The summed E-state index contributed by atoms with van der Waals surface area (Å²) < 4.78 is 23.4. The largest absolute Gasteiger partial charge is 0.365 e. The maximum absolute atomic E-state index is 12.7. The highest BCUT2D eigenvalue weighted by Crippen LogP contribution is 2.19. The molecule has 1 fully saturated rings. The first-order valence-corrected chi connectivity index (χ1v) is 10.8. The number of amides is 1. The zero-order valence-corrected chi connectivity index (χ0v) is 16.4. The van der Waals surface area contributed by atoms with Crippen molar-refractivity contribution in [1.29, 1.82) is 0 Å². The van der Waals surface area contributed by atoms with E-state index in [4.69, 9.17) is 0 Å². The third-order valence-electron chi connectivity index (χ3n) is 4.73. The highest BCUT2D eigenvalue weighted by molar-refractivity contribution is 7.91. The van der Waals surface area contributed by atoms with E-state index < -0.39 is 9.84 Å². The molecule has 1 atom stereocenters. The van der Waals surface area contributed by atoms with E-state index in [1.165, 1.54) is 5.56 Å². The molecular formula is C19H24N4O3S. The van der Waals surface area contributed by atoms with Crippen LogP contribution in [0.5, 0.6) is 0 Å². The molecule has 1 amide bonds. The molecule has 1 saturated heterocycles. The molecule has 1 aliphatic rings. The molecule has 2 aromatic rings. The highest BCUT2D eigenvalue weighted by Gasteiger charge is 2.34. The molecule has 0 bridgehead atoms. The van der Waals surface area contributed by atoms with Crippen molar-refractivity contribution in [1.82, 2.24) is 15.1 Å². The molecule has 27 heavy (non-hydrogen) atoms. The second-order valence-corrected chi connectivity index (χ2v) is 9.02. The van der Waals surface area contributed by atoms with E-state index in [-0.39, 0.29) is 29.1 Å². The smallest absolute Gasteiger partial charge is 0.274 e. The number of hydrogen-bond donors (Lipinski definition) is 1. The Morgan fingerprint density at radius 3 is 2.48 bits per heavy atom. The number of rotatable bonds is 6. The van der Waals surface area contributed by atoms with Gasteiger partial charge in [-0.1, -0.05) is 29.8 Å². The van der Waals surface area contributed by atoms with Crippen LogP contribution in [0, 0.1) is 6.92 Å². The van der Waals surface area contributed by atoms with Crippen molar-refractivity contribution in [2.24, 2.45) is 0 Å². The van der Waals surface area contributed by atoms with Crippen LogP contribution in [0.2, 0.25) is 0 Å². The van der Waals surface area contributed by atoms with Crippen LogP contribution in [0.25, 0.3) is 0 Å². The third-order valence-corrected chi connectivity index (χ3v) is 6.48. The Morgan fingerprint density at radius 1 is 1.19 bits per heavy atom. The average Bonchev–Trinajstić information content (AvgIpc) is 3.02. The summed E-state index contributed by atoms with van der Waals surface area (Å²) in [5, 5.41) is 11.3. The lowest BCUT2D eigenvalue weighted by atomic mass is 10.1. The summed E-state index contributed by atoms with van der Waals surface area (Å²) >= 11 is 0. The lowest BCUT2D eigenvalue weighted by Crippen LogP contribution is -2.41. The standard InChI is InChI=1S/C19H24N4O3S/c1-3-23(16-10-11-27(25,26)13-16)19(24)17-8-9-18(22-21-17)20-12-15-6-4-14(2)5-7-15/h4-9,16H,3,10-13H2,1-2H3,(H,20,22). The van der Waals surface area contributed by atoms with Gasteiger partial charge in [0, 0.05) is 19.1 Å². The zero-order valence-electron chi connectivity index (χ0n) is 15.6. The van der Waals surface area contributed by atoms with Crippen molar-refractivity contribution >= 4 is 21.6 Å². The fraction of sp³-hybridized carbons (Fsp3) is 0.421. The van der Waals surface area contributed by atoms with Gasteiger partial charge in [-0.15, -0.1) is 10.2 Å². The summed E-state index contributed by atoms with van der Waals surface area (Å²) in [6.45, 7) is 4.93. The molecule has 0 spiro atoms. The Labute approximate surface area is 159 Å². The number of nitrogens with zero attached hydrogens (tertiary/aromatic N) is 3. The van der Waals surface area contributed by atoms with Crippen LogP contribution in [0.3, 0.4) is 0 Å². The first-order chi connectivity index (χ1) is 12.9. The quantitative estimate of drug-likeness (QED) is 0.814. The van der Waals surface area contributed by atoms with E-state index in [1.807, 2.05) is 38.1 Å². The average molecular weight is 388 g/mol. The highest BCUT2D eigenvalue weighted by atomic mass is 32.2. The molecule has 3 rings (SSSR count). The van der Waals surface area contributed by atoms with Crippen LogP contribution >= 0.6 is 0 Å². The number of benzene rings is 1. The minimum absolute atomic E-state index is 0.0240.